The van der Waals surface area contributed by atoms with E-state index >= 15 is 0 Å². The van der Waals surface area contributed by atoms with Gasteiger partial charge in [0, 0.05) is 0 Å². The van der Waals surface area contributed by atoms with Crippen LogP contribution < -0.4 is 10.6 Å². The van der Waals surface area contributed by atoms with Crippen molar-refractivity contribution in [3.8, 4) is 0 Å². The van der Waals surface area contributed by atoms with E-state index in [2.05, 4.69) is 41.8 Å². The Morgan fingerprint density at radius 3 is 2.80 bits per heavy atom. The monoisotopic (exact) mass is 380 g/mol. The molecule has 7 nitrogen and oxygen atoms in total. The summed E-state index contributed by atoms with van der Waals surface area (Å²) in [6.07, 6.45) is 1.66. The van der Waals surface area contributed by atoms with Crippen molar-refractivity contribution >= 4 is 50.3 Å². The van der Waals surface area contributed by atoms with Crippen LogP contribution in [0.4, 0.5) is 0 Å². The molecule has 0 saturated carbocycles. The van der Waals surface area contributed by atoms with Gasteiger partial charge in [0.15, 0.2) is 0 Å². The molecule has 0 aliphatic carbocycles. The van der Waals surface area contributed by atoms with E-state index < -0.39 is 0 Å². The van der Waals surface area contributed by atoms with Gasteiger partial charge in [-0.05, 0) is 0 Å². The summed E-state index contributed by atoms with van der Waals surface area (Å²) >= 11 is 13.1. The van der Waals surface area contributed by atoms with Crippen LogP contribution in [0.2, 0.25) is 0 Å². The summed E-state index contributed by atoms with van der Waals surface area (Å²) in [6, 6.07) is 0. The van der Waals surface area contributed by atoms with Gasteiger partial charge >= 0.3 is 137 Å². The summed E-state index contributed by atoms with van der Waals surface area (Å²) in [4.78, 5) is 6.26. The van der Waals surface area contributed by atoms with Gasteiger partial charge in [0.25, 0.3) is 0 Å². The Morgan fingerprint density at radius 1 is 1.50 bits per heavy atom. The van der Waals surface area contributed by atoms with Crippen molar-refractivity contribution in [3.63, 3.8) is 0 Å². The molecule has 0 amide bonds. The van der Waals surface area contributed by atoms with Crippen LogP contribution in [0.25, 0.3) is 0 Å². The van der Waals surface area contributed by atoms with Gasteiger partial charge in [-0.1, -0.05) is 0 Å². The number of hydrogen-bond donors (Lipinski definition) is 3. The third kappa shape index (κ3) is 6.47. The molecule has 0 saturated heterocycles. The van der Waals surface area contributed by atoms with Crippen LogP contribution in [0.1, 0.15) is 0 Å². The molecule has 3 N–H and O–H groups in total. The predicted octanol–water partition coefficient (Wildman–Crippen LogP) is -0.509. The molecule has 1 aromatic heterocycles. The molecule has 0 fully saturated rings. The minimum atomic E-state index is 0.607. The van der Waals surface area contributed by atoms with Crippen molar-refractivity contribution in [2.45, 2.75) is 6.54 Å². The van der Waals surface area contributed by atoms with Crippen molar-refractivity contribution in [1.82, 2.24) is 30.3 Å². The van der Waals surface area contributed by atoms with Gasteiger partial charge in [-0.15, -0.1) is 0 Å². The summed E-state index contributed by atoms with van der Waals surface area (Å²) in [6.45, 7) is 2.75. The molecule has 111 valence electrons. The number of aliphatic imine (C=N–C) groups is 1. The second kappa shape index (κ2) is 9.06. The Balaban J connectivity index is 2.14. The third-order valence-electron chi connectivity index (χ3n) is 2.28. The van der Waals surface area contributed by atoms with Crippen molar-refractivity contribution in [2.75, 3.05) is 33.7 Å². The first kappa shape index (κ1) is 17.1. The molecule has 0 aliphatic heterocycles. The van der Waals surface area contributed by atoms with Gasteiger partial charge in [0.1, 0.15) is 0 Å². The zero-order chi connectivity index (χ0) is 15.0. The molecular weight excluding hydrogens is 361 g/mol. The van der Waals surface area contributed by atoms with Gasteiger partial charge < -0.3 is 0 Å². The van der Waals surface area contributed by atoms with Crippen LogP contribution in [0.15, 0.2) is 11.3 Å². The topological polar surface area (TPSA) is 73.3 Å². The quantitative estimate of drug-likeness (QED) is 0.203. The predicted molar refractivity (Wildman–Crippen MR) is 87.8 cm³/mol. The molecular formula is C10H18N7S2Se. The average Bonchev–Trinajstić information content (AvgIpc) is 2.80. The summed E-state index contributed by atoms with van der Waals surface area (Å²) in [5.41, 5.74) is 0. The van der Waals surface area contributed by atoms with Gasteiger partial charge in [0.2, 0.25) is 0 Å². The minimum absolute atomic E-state index is 0.607. The maximum absolute atomic E-state index is 5.16. The maximum atomic E-state index is 5.16. The Labute approximate surface area is 137 Å². The first-order valence-electron chi connectivity index (χ1n) is 6.01. The number of aromatic nitrogens is 3. The number of nitrogens with zero attached hydrogens (tertiary/aromatic N) is 4. The molecule has 1 aromatic rings. The number of H-pyrrole nitrogens is 1. The van der Waals surface area contributed by atoms with Crippen LogP contribution in [0, 0.1) is 4.77 Å². The fourth-order valence-corrected chi connectivity index (χ4v) is 1.83. The van der Waals surface area contributed by atoms with Crippen LogP contribution in [-0.4, -0.2) is 79.3 Å². The van der Waals surface area contributed by atoms with E-state index in [1.807, 2.05) is 23.6 Å². The fraction of sp³-hybridized carbons (Fsp3) is 0.600. The van der Waals surface area contributed by atoms with Crippen LogP contribution in [0.3, 0.4) is 0 Å². The Kier molecular flexibility index (Phi) is 7.75. The van der Waals surface area contributed by atoms with Gasteiger partial charge in [-0.2, -0.15) is 0 Å². The Hall–Kier alpha value is -0.961. The van der Waals surface area contributed by atoms with Gasteiger partial charge in [-0.3, -0.25) is 0 Å². The van der Waals surface area contributed by atoms with Gasteiger partial charge in [0.05, 0.1) is 0 Å². The van der Waals surface area contributed by atoms with Crippen molar-refractivity contribution in [1.29, 1.82) is 0 Å². The zero-order valence-electron chi connectivity index (χ0n) is 11.4. The third-order valence-corrected chi connectivity index (χ3v) is 3.93. The average molecular weight is 379 g/mol. The number of hydrogen-bond acceptors (Lipinski definition) is 4. The number of thiocarbonyl (C=S) groups is 1. The van der Waals surface area contributed by atoms with E-state index in [1.54, 1.807) is 6.33 Å². The second-order valence-electron chi connectivity index (χ2n) is 4.10. The summed E-state index contributed by atoms with van der Waals surface area (Å²) in [7, 11) is 3.88. The van der Waals surface area contributed by atoms with E-state index in [-0.39, 0.29) is 0 Å². The van der Waals surface area contributed by atoms with E-state index in [0.717, 1.165) is 4.73 Å². The number of nitrogens with one attached hydrogen (secondary N) is 3. The van der Waals surface area contributed by atoms with E-state index in [1.165, 1.54) is 0 Å². The number of aromatic amines is 1. The SMILES string of the molecule is CN(C)C([Se])=NCCNC(=S)NCCn1cn[nH]c1=S. The molecule has 0 spiro atoms. The van der Waals surface area contributed by atoms with E-state index in [4.69, 9.17) is 24.4 Å². The standard InChI is InChI=1S/C10H18N7S2Se/c1-16(2)10(20)13-4-3-11-8(18)12-5-6-17-7-14-15-9(17)19/h7H,3-6H2,1-2H3,(H,15,19)(H2,11,12,18). The second-order valence-corrected chi connectivity index (χ2v) is 5.66. The normalized spacial score (nSPS) is 11.2. The summed E-state index contributed by atoms with van der Waals surface area (Å²) in [5, 5.41) is 13.4. The molecule has 0 bridgehead atoms. The molecule has 0 aromatic carbocycles. The Bertz CT molecular complexity index is 508. The first-order chi connectivity index (χ1) is 9.50. The van der Waals surface area contributed by atoms with Crippen molar-refractivity contribution < 1.29 is 0 Å². The summed E-state index contributed by atoms with van der Waals surface area (Å²) < 4.78 is 3.32. The van der Waals surface area contributed by atoms with Gasteiger partial charge in [-0.25, -0.2) is 0 Å². The van der Waals surface area contributed by atoms with Crippen LogP contribution in [0.5, 0.6) is 0 Å². The zero-order valence-corrected chi connectivity index (χ0v) is 14.8. The number of rotatable bonds is 6. The van der Waals surface area contributed by atoms with E-state index in [0.29, 0.717) is 36.1 Å². The molecule has 1 rings (SSSR count). The molecule has 0 unspecified atom stereocenters. The van der Waals surface area contributed by atoms with Crippen molar-refractivity contribution in [2.24, 2.45) is 4.99 Å². The first-order valence-corrected chi connectivity index (χ1v) is 7.68. The summed E-state index contributed by atoms with van der Waals surface area (Å²) in [5.74, 6) is 0. The fourth-order valence-electron chi connectivity index (χ4n) is 1.24. The molecule has 20 heavy (non-hydrogen) atoms. The number of amidine groups is 1. The molecule has 1 heterocycles. The molecule has 10 heteroatoms. The molecule has 0 aliphatic rings. The van der Waals surface area contributed by atoms with Crippen LogP contribution >= 0.6 is 24.4 Å². The van der Waals surface area contributed by atoms with Crippen molar-refractivity contribution in [3.05, 3.63) is 11.1 Å². The Morgan fingerprint density at radius 2 is 2.20 bits per heavy atom. The van der Waals surface area contributed by atoms with E-state index in [9.17, 15) is 0 Å². The van der Waals surface area contributed by atoms with Crippen LogP contribution in [-0.2, 0) is 6.54 Å². The molecule has 1 radical (unpaired) electrons. The molecule has 0 atom stereocenters.